The predicted molar refractivity (Wildman–Crippen MR) is 64.2 cm³/mol. The second-order valence-electron chi connectivity index (χ2n) is 4.19. The summed E-state index contributed by atoms with van der Waals surface area (Å²) in [6.07, 6.45) is 6.39. The Hall–Kier alpha value is -1.75. The Labute approximate surface area is 101 Å². The molecule has 0 bridgehead atoms. The Morgan fingerprint density at radius 1 is 1.47 bits per heavy atom. The molecule has 5 nitrogen and oxygen atoms in total. The van der Waals surface area contributed by atoms with Crippen LogP contribution in [0.5, 0.6) is 0 Å². The highest BCUT2D eigenvalue weighted by atomic mass is 16.2. The highest BCUT2D eigenvalue weighted by Crippen LogP contribution is 2.23. The zero-order valence-electron chi connectivity index (χ0n) is 9.91. The van der Waals surface area contributed by atoms with Crippen LogP contribution in [0, 0.1) is 0 Å². The number of hydrogen-bond acceptors (Lipinski definition) is 4. The van der Waals surface area contributed by atoms with Gasteiger partial charge in [-0.15, -0.1) is 0 Å². The molecule has 1 aromatic rings. The van der Waals surface area contributed by atoms with E-state index in [4.69, 9.17) is 0 Å². The zero-order valence-corrected chi connectivity index (χ0v) is 9.91. The Morgan fingerprint density at radius 3 is 2.82 bits per heavy atom. The van der Waals surface area contributed by atoms with Gasteiger partial charge in [0, 0.05) is 37.6 Å². The highest BCUT2D eigenvalue weighted by molar-refractivity contribution is 5.87. The van der Waals surface area contributed by atoms with Gasteiger partial charge in [-0.05, 0) is 13.1 Å². The summed E-state index contributed by atoms with van der Waals surface area (Å²) in [7, 11) is 2.05. The molecule has 17 heavy (non-hydrogen) atoms. The second-order valence-corrected chi connectivity index (χ2v) is 4.19. The van der Waals surface area contributed by atoms with E-state index in [0.717, 1.165) is 18.7 Å². The molecule has 1 amide bonds. The van der Waals surface area contributed by atoms with Gasteiger partial charge in [-0.1, -0.05) is 6.58 Å². The van der Waals surface area contributed by atoms with Crippen molar-refractivity contribution in [3.63, 3.8) is 0 Å². The molecule has 1 aliphatic heterocycles. The fourth-order valence-electron chi connectivity index (χ4n) is 2.07. The maximum atomic E-state index is 11.8. The largest absolute Gasteiger partial charge is 0.329 e. The maximum absolute atomic E-state index is 11.8. The van der Waals surface area contributed by atoms with Gasteiger partial charge in [-0.2, -0.15) is 0 Å². The summed E-state index contributed by atoms with van der Waals surface area (Å²) < 4.78 is 0. The Balaban J connectivity index is 2.26. The van der Waals surface area contributed by atoms with Gasteiger partial charge in [0.05, 0.1) is 6.04 Å². The van der Waals surface area contributed by atoms with Crippen molar-refractivity contribution < 1.29 is 4.79 Å². The lowest BCUT2D eigenvalue weighted by Crippen LogP contribution is -2.48. The molecule has 0 aliphatic carbocycles. The summed E-state index contributed by atoms with van der Waals surface area (Å²) in [5.74, 6) is -0.0352. The average Bonchev–Trinajstić information content (AvgIpc) is 2.39. The first-order valence-corrected chi connectivity index (χ1v) is 5.59. The van der Waals surface area contributed by atoms with Crippen molar-refractivity contribution in [3.05, 3.63) is 36.9 Å². The van der Waals surface area contributed by atoms with Gasteiger partial charge in [0.25, 0.3) is 0 Å². The normalized spacial score (nSPS) is 21.2. The van der Waals surface area contributed by atoms with Crippen molar-refractivity contribution in [2.24, 2.45) is 0 Å². The first kappa shape index (κ1) is 11.7. The number of aromatic nitrogens is 2. The minimum atomic E-state index is -0.0352. The van der Waals surface area contributed by atoms with E-state index in [-0.39, 0.29) is 11.9 Å². The van der Waals surface area contributed by atoms with Crippen molar-refractivity contribution >= 4 is 5.91 Å². The van der Waals surface area contributed by atoms with Gasteiger partial charge in [0.2, 0.25) is 5.91 Å². The molecular formula is C12H16N4O. The molecule has 1 fully saturated rings. The van der Waals surface area contributed by atoms with Gasteiger partial charge in [-0.25, -0.2) is 9.97 Å². The number of carbonyl (C=O) groups excluding carboxylic acids is 1. The van der Waals surface area contributed by atoms with Crippen LogP contribution in [-0.4, -0.2) is 52.4 Å². The zero-order chi connectivity index (χ0) is 12.3. The fraction of sp³-hybridized carbons (Fsp3) is 0.417. The van der Waals surface area contributed by atoms with Gasteiger partial charge in [-0.3, -0.25) is 4.79 Å². The summed E-state index contributed by atoms with van der Waals surface area (Å²) >= 11 is 0. The van der Waals surface area contributed by atoms with Gasteiger partial charge in [0.15, 0.2) is 0 Å². The summed E-state index contributed by atoms with van der Waals surface area (Å²) in [6.45, 7) is 5.93. The molecule has 5 heteroatoms. The van der Waals surface area contributed by atoms with E-state index in [2.05, 4.69) is 21.4 Å². The highest BCUT2D eigenvalue weighted by Gasteiger charge is 2.29. The van der Waals surface area contributed by atoms with E-state index in [1.54, 1.807) is 12.4 Å². The van der Waals surface area contributed by atoms with E-state index < -0.39 is 0 Å². The van der Waals surface area contributed by atoms with Crippen molar-refractivity contribution in [1.29, 1.82) is 0 Å². The third-order valence-corrected chi connectivity index (χ3v) is 3.01. The minimum absolute atomic E-state index is 0.0143. The number of amides is 1. The number of hydrogen-bond donors (Lipinski definition) is 0. The summed E-state index contributed by atoms with van der Waals surface area (Å²) in [4.78, 5) is 23.9. The number of rotatable bonds is 2. The molecule has 0 aromatic carbocycles. The first-order valence-electron chi connectivity index (χ1n) is 5.59. The Morgan fingerprint density at radius 2 is 2.18 bits per heavy atom. The van der Waals surface area contributed by atoms with Gasteiger partial charge in [0.1, 0.15) is 6.33 Å². The van der Waals surface area contributed by atoms with Crippen molar-refractivity contribution in [2.45, 2.75) is 6.04 Å². The molecule has 0 saturated carbocycles. The molecule has 0 spiro atoms. The summed E-state index contributed by atoms with van der Waals surface area (Å²) in [5.41, 5.74) is 0.967. The predicted octanol–water partition coefficient (Wildman–Crippen LogP) is 0.478. The third-order valence-electron chi connectivity index (χ3n) is 3.01. The summed E-state index contributed by atoms with van der Waals surface area (Å²) in [6, 6.07) is 0.0143. The molecule has 1 aliphatic rings. The second kappa shape index (κ2) is 5.05. The fourth-order valence-corrected chi connectivity index (χ4v) is 2.07. The lowest BCUT2D eigenvalue weighted by atomic mass is 10.1. The molecular weight excluding hydrogens is 216 g/mol. The lowest BCUT2D eigenvalue weighted by molar-refractivity contribution is -0.130. The SMILES string of the molecule is C=CC(=O)N1CCN(C)CC1c1cncnc1. The molecule has 1 atom stereocenters. The molecule has 0 radical (unpaired) electrons. The van der Waals surface area contributed by atoms with E-state index in [1.807, 2.05) is 11.9 Å². The molecule has 90 valence electrons. The van der Waals surface area contributed by atoms with Crippen molar-refractivity contribution in [1.82, 2.24) is 19.8 Å². The van der Waals surface area contributed by atoms with Crippen LogP contribution in [0.4, 0.5) is 0 Å². The molecule has 0 N–H and O–H groups in total. The molecule has 2 heterocycles. The monoisotopic (exact) mass is 232 g/mol. The van der Waals surface area contributed by atoms with Gasteiger partial charge >= 0.3 is 0 Å². The molecule has 2 rings (SSSR count). The number of piperazine rings is 1. The number of likely N-dealkylation sites (N-methyl/N-ethyl adjacent to an activating group) is 1. The lowest BCUT2D eigenvalue weighted by Gasteiger charge is -2.39. The summed E-state index contributed by atoms with van der Waals surface area (Å²) in [5, 5.41) is 0. The third kappa shape index (κ3) is 2.50. The van der Waals surface area contributed by atoms with Crippen LogP contribution in [0.1, 0.15) is 11.6 Å². The van der Waals surface area contributed by atoms with Crippen molar-refractivity contribution in [3.8, 4) is 0 Å². The Kier molecular flexibility index (Phi) is 3.49. The maximum Gasteiger partial charge on any atom is 0.246 e. The van der Waals surface area contributed by atoms with E-state index >= 15 is 0 Å². The smallest absolute Gasteiger partial charge is 0.246 e. The van der Waals surface area contributed by atoms with Crippen molar-refractivity contribution in [2.75, 3.05) is 26.7 Å². The number of nitrogens with zero attached hydrogens (tertiary/aromatic N) is 4. The molecule has 1 unspecified atom stereocenters. The van der Waals surface area contributed by atoms with Crippen LogP contribution < -0.4 is 0 Å². The van der Waals surface area contributed by atoms with E-state index in [9.17, 15) is 4.79 Å². The minimum Gasteiger partial charge on any atom is -0.329 e. The average molecular weight is 232 g/mol. The molecule has 1 aromatic heterocycles. The number of carbonyl (C=O) groups is 1. The van der Waals surface area contributed by atoms with Crippen LogP contribution in [0.2, 0.25) is 0 Å². The standard InChI is InChI=1S/C12H16N4O/c1-3-12(17)16-5-4-15(2)8-11(16)10-6-13-9-14-7-10/h3,6-7,9,11H,1,4-5,8H2,2H3. The van der Waals surface area contributed by atoms with Gasteiger partial charge < -0.3 is 9.80 Å². The Bertz CT molecular complexity index is 406. The molecule has 1 saturated heterocycles. The van der Waals surface area contributed by atoms with E-state index in [1.165, 1.54) is 12.4 Å². The van der Waals surface area contributed by atoms with E-state index in [0.29, 0.717) is 6.54 Å². The van der Waals surface area contributed by atoms with Crippen LogP contribution in [0.15, 0.2) is 31.4 Å². The van der Waals surface area contributed by atoms with Crippen LogP contribution in [0.25, 0.3) is 0 Å². The quantitative estimate of drug-likeness (QED) is 0.696. The van der Waals surface area contributed by atoms with Crippen LogP contribution in [-0.2, 0) is 4.79 Å². The van der Waals surface area contributed by atoms with Crippen LogP contribution >= 0.6 is 0 Å². The first-order chi connectivity index (χ1) is 8.22. The topological polar surface area (TPSA) is 49.3 Å². The van der Waals surface area contributed by atoms with Crippen LogP contribution in [0.3, 0.4) is 0 Å².